The molecule has 3 heteroatoms. The molecule has 0 spiro atoms. The first-order chi connectivity index (χ1) is 6.11. The third-order valence-corrected chi connectivity index (χ3v) is 2.04. The van der Waals surface area contributed by atoms with E-state index in [2.05, 4.69) is 0 Å². The Kier molecular flexibility index (Phi) is 6.82. The Balaban J connectivity index is 3.64. The minimum atomic E-state index is -0.509. The summed E-state index contributed by atoms with van der Waals surface area (Å²) in [5.41, 5.74) is 0. The number of ketones is 1. The molecule has 0 aliphatic heterocycles. The van der Waals surface area contributed by atoms with Crippen molar-refractivity contribution in [1.82, 2.24) is 0 Å². The summed E-state index contributed by atoms with van der Waals surface area (Å²) in [4.78, 5) is 11.2. The maximum atomic E-state index is 11.2. The first-order valence-electron chi connectivity index (χ1n) is 4.90. The minimum Gasteiger partial charge on any atom is -0.391 e. The van der Waals surface area contributed by atoms with Crippen molar-refractivity contribution < 1.29 is 14.6 Å². The van der Waals surface area contributed by atoms with Crippen LogP contribution in [0.4, 0.5) is 0 Å². The van der Waals surface area contributed by atoms with Gasteiger partial charge in [0.05, 0.1) is 12.7 Å². The molecule has 0 radical (unpaired) electrons. The average molecular weight is 188 g/mol. The van der Waals surface area contributed by atoms with Crippen LogP contribution in [0.2, 0.25) is 0 Å². The normalized spacial score (nSPS) is 15.4. The van der Waals surface area contributed by atoms with E-state index >= 15 is 0 Å². The standard InChI is InChI=1S/C10H20O3/c1-4-10(12)8(3)6-9(11)7-13-5-2/h8-9,11H,4-7H2,1-3H3. The first-order valence-corrected chi connectivity index (χ1v) is 4.90. The minimum absolute atomic E-state index is 0.0551. The Morgan fingerprint density at radius 3 is 2.54 bits per heavy atom. The fraction of sp³-hybridized carbons (Fsp3) is 0.900. The largest absolute Gasteiger partial charge is 0.391 e. The molecule has 2 atom stereocenters. The van der Waals surface area contributed by atoms with Gasteiger partial charge in [0.2, 0.25) is 0 Å². The van der Waals surface area contributed by atoms with Crippen molar-refractivity contribution in [1.29, 1.82) is 0 Å². The maximum Gasteiger partial charge on any atom is 0.135 e. The number of Topliss-reactive ketones (excluding diaryl/α,β-unsaturated/α-hetero) is 1. The van der Waals surface area contributed by atoms with Crippen LogP contribution < -0.4 is 0 Å². The third kappa shape index (κ3) is 5.77. The number of ether oxygens (including phenoxy) is 1. The molecule has 0 aliphatic rings. The summed E-state index contributed by atoms with van der Waals surface area (Å²) >= 11 is 0. The van der Waals surface area contributed by atoms with Gasteiger partial charge in [-0.25, -0.2) is 0 Å². The van der Waals surface area contributed by atoms with E-state index in [1.807, 2.05) is 20.8 Å². The van der Waals surface area contributed by atoms with E-state index in [9.17, 15) is 9.90 Å². The Morgan fingerprint density at radius 2 is 2.08 bits per heavy atom. The summed E-state index contributed by atoms with van der Waals surface area (Å²) in [6, 6.07) is 0. The van der Waals surface area contributed by atoms with Gasteiger partial charge in [0, 0.05) is 18.9 Å². The predicted molar refractivity (Wildman–Crippen MR) is 51.6 cm³/mol. The molecule has 0 amide bonds. The quantitative estimate of drug-likeness (QED) is 0.656. The second-order valence-electron chi connectivity index (χ2n) is 3.27. The van der Waals surface area contributed by atoms with Crippen molar-refractivity contribution in [2.24, 2.45) is 5.92 Å². The molecule has 2 unspecified atom stereocenters. The van der Waals surface area contributed by atoms with E-state index in [0.29, 0.717) is 26.1 Å². The van der Waals surface area contributed by atoms with Crippen LogP contribution in [0.25, 0.3) is 0 Å². The molecule has 0 aromatic carbocycles. The number of carbonyl (C=O) groups excluding carboxylic acids is 1. The zero-order valence-electron chi connectivity index (χ0n) is 8.75. The lowest BCUT2D eigenvalue weighted by Crippen LogP contribution is -2.22. The zero-order valence-corrected chi connectivity index (χ0v) is 8.75. The topological polar surface area (TPSA) is 46.5 Å². The van der Waals surface area contributed by atoms with Gasteiger partial charge in [-0.3, -0.25) is 4.79 Å². The summed E-state index contributed by atoms with van der Waals surface area (Å²) in [7, 11) is 0. The molecule has 1 N–H and O–H groups in total. The molecule has 3 nitrogen and oxygen atoms in total. The number of aliphatic hydroxyl groups is 1. The Morgan fingerprint density at radius 1 is 1.46 bits per heavy atom. The summed E-state index contributed by atoms with van der Waals surface area (Å²) in [6.07, 6.45) is 0.542. The van der Waals surface area contributed by atoms with Gasteiger partial charge >= 0.3 is 0 Å². The van der Waals surface area contributed by atoms with Gasteiger partial charge in [-0.15, -0.1) is 0 Å². The van der Waals surface area contributed by atoms with Gasteiger partial charge < -0.3 is 9.84 Å². The summed E-state index contributed by atoms with van der Waals surface area (Å²) < 4.78 is 5.05. The molecule has 0 rings (SSSR count). The highest BCUT2D eigenvalue weighted by molar-refractivity contribution is 5.80. The smallest absolute Gasteiger partial charge is 0.135 e. The number of hydrogen-bond donors (Lipinski definition) is 1. The molecular weight excluding hydrogens is 168 g/mol. The van der Waals surface area contributed by atoms with Crippen molar-refractivity contribution >= 4 is 5.78 Å². The molecule has 0 saturated carbocycles. The van der Waals surface area contributed by atoms with E-state index < -0.39 is 6.10 Å². The van der Waals surface area contributed by atoms with Crippen LogP contribution in [-0.2, 0) is 9.53 Å². The van der Waals surface area contributed by atoms with Crippen molar-refractivity contribution in [2.75, 3.05) is 13.2 Å². The van der Waals surface area contributed by atoms with E-state index in [4.69, 9.17) is 4.74 Å². The van der Waals surface area contributed by atoms with Gasteiger partial charge in [-0.05, 0) is 13.3 Å². The Hall–Kier alpha value is -0.410. The molecule has 0 heterocycles. The SMILES string of the molecule is CCOCC(O)CC(C)C(=O)CC. The van der Waals surface area contributed by atoms with Crippen molar-refractivity contribution in [3.8, 4) is 0 Å². The lowest BCUT2D eigenvalue weighted by Gasteiger charge is -2.14. The molecular formula is C10H20O3. The molecule has 0 bridgehead atoms. The first kappa shape index (κ1) is 12.6. The molecule has 0 fully saturated rings. The van der Waals surface area contributed by atoms with Gasteiger partial charge in [0.15, 0.2) is 0 Å². The summed E-state index contributed by atoms with van der Waals surface area (Å²) in [5.74, 6) is 0.149. The molecule has 0 aromatic rings. The van der Waals surface area contributed by atoms with Crippen LogP contribution in [0.15, 0.2) is 0 Å². The van der Waals surface area contributed by atoms with Crippen molar-refractivity contribution in [3.63, 3.8) is 0 Å². The van der Waals surface area contributed by atoms with Crippen LogP contribution in [-0.4, -0.2) is 30.2 Å². The molecule has 0 aromatic heterocycles. The zero-order chi connectivity index (χ0) is 10.3. The Labute approximate surface area is 80.1 Å². The fourth-order valence-electron chi connectivity index (χ4n) is 1.21. The highest BCUT2D eigenvalue weighted by Crippen LogP contribution is 2.09. The van der Waals surface area contributed by atoms with Crippen LogP contribution in [0.1, 0.15) is 33.6 Å². The number of hydrogen-bond acceptors (Lipinski definition) is 3. The van der Waals surface area contributed by atoms with Crippen LogP contribution in [0, 0.1) is 5.92 Å². The summed E-state index contributed by atoms with van der Waals surface area (Å²) in [5, 5.41) is 9.42. The highest BCUT2D eigenvalue weighted by Gasteiger charge is 2.15. The van der Waals surface area contributed by atoms with Crippen LogP contribution >= 0.6 is 0 Å². The van der Waals surface area contributed by atoms with Gasteiger partial charge in [0.25, 0.3) is 0 Å². The predicted octanol–water partition coefficient (Wildman–Crippen LogP) is 1.39. The van der Waals surface area contributed by atoms with Gasteiger partial charge in [0.1, 0.15) is 5.78 Å². The Bertz CT molecular complexity index is 145. The molecule has 0 aliphatic carbocycles. The monoisotopic (exact) mass is 188 g/mol. The van der Waals surface area contributed by atoms with Crippen molar-refractivity contribution in [2.45, 2.75) is 39.7 Å². The van der Waals surface area contributed by atoms with Crippen LogP contribution in [0.5, 0.6) is 0 Å². The van der Waals surface area contributed by atoms with Gasteiger partial charge in [-0.1, -0.05) is 13.8 Å². The van der Waals surface area contributed by atoms with Crippen molar-refractivity contribution in [3.05, 3.63) is 0 Å². The highest BCUT2D eigenvalue weighted by atomic mass is 16.5. The second-order valence-corrected chi connectivity index (χ2v) is 3.27. The second kappa shape index (κ2) is 7.04. The van der Waals surface area contributed by atoms with E-state index in [-0.39, 0.29) is 11.7 Å². The van der Waals surface area contributed by atoms with E-state index in [1.54, 1.807) is 0 Å². The molecule has 13 heavy (non-hydrogen) atoms. The van der Waals surface area contributed by atoms with E-state index in [1.165, 1.54) is 0 Å². The summed E-state index contributed by atoms with van der Waals surface area (Å²) in [6.45, 7) is 6.51. The number of carbonyl (C=O) groups is 1. The number of aliphatic hydroxyl groups excluding tert-OH is 1. The third-order valence-electron chi connectivity index (χ3n) is 2.04. The van der Waals surface area contributed by atoms with Crippen LogP contribution in [0.3, 0.4) is 0 Å². The molecule has 78 valence electrons. The lowest BCUT2D eigenvalue weighted by molar-refractivity contribution is -0.123. The average Bonchev–Trinajstić information content (AvgIpc) is 2.13. The molecule has 0 saturated heterocycles. The van der Waals surface area contributed by atoms with Gasteiger partial charge in [-0.2, -0.15) is 0 Å². The fourth-order valence-corrected chi connectivity index (χ4v) is 1.21. The van der Waals surface area contributed by atoms with E-state index in [0.717, 1.165) is 0 Å². The lowest BCUT2D eigenvalue weighted by atomic mass is 9.98. The maximum absolute atomic E-state index is 11.2. The number of rotatable bonds is 7.